The van der Waals surface area contributed by atoms with Crippen molar-refractivity contribution in [3.8, 4) is 0 Å². The zero-order chi connectivity index (χ0) is 9.68. The standard InChI is InChI=1S/C7H14N4S2.2BrH/c1-10-7-11(3-5-13-7)2-4-12-6(8)9;;/h2-5H2,1H3,(H3,8,9);2*1H. The van der Waals surface area contributed by atoms with E-state index in [4.69, 9.17) is 11.1 Å². The van der Waals surface area contributed by atoms with Crippen molar-refractivity contribution in [2.24, 2.45) is 5.73 Å². The summed E-state index contributed by atoms with van der Waals surface area (Å²) in [4.78, 5) is 0. The number of amidine groups is 2. The van der Waals surface area contributed by atoms with Crippen molar-refractivity contribution in [2.45, 2.75) is 0 Å². The molecule has 0 radical (unpaired) electrons. The van der Waals surface area contributed by atoms with Crippen molar-refractivity contribution in [3.63, 3.8) is 0 Å². The molecule has 1 aliphatic rings. The van der Waals surface area contributed by atoms with Crippen molar-refractivity contribution in [1.82, 2.24) is 5.32 Å². The lowest BCUT2D eigenvalue weighted by Gasteiger charge is -2.01. The van der Waals surface area contributed by atoms with Crippen LogP contribution in [0.25, 0.3) is 0 Å². The summed E-state index contributed by atoms with van der Waals surface area (Å²) in [6.07, 6.45) is 0. The third-order valence-corrected chi connectivity index (χ3v) is 3.57. The summed E-state index contributed by atoms with van der Waals surface area (Å²) >= 11 is 3.37. The molecule has 0 bridgehead atoms. The number of nitrogens with one attached hydrogen (secondary N) is 1. The van der Waals surface area contributed by atoms with Crippen molar-refractivity contribution in [3.05, 3.63) is 0 Å². The first-order valence-corrected chi connectivity index (χ1v) is 6.14. The molecule has 0 aromatic carbocycles. The summed E-state index contributed by atoms with van der Waals surface area (Å²) in [6, 6.07) is 0. The molecule has 0 saturated heterocycles. The van der Waals surface area contributed by atoms with Gasteiger partial charge in [-0.25, -0.2) is 0 Å². The molecule has 90 valence electrons. The molecule has 0 atom stereocenters. The molecule has 1 rings (SSSR count). The van der Waals surface area contributed by atoms with Gasteiger partial charge in [0.05, 0.1) is 20.1 Å². The lowest BCUT2D eigenvalue weighted by Crippen LogP contribution is -3.00. The SMILES string of the molecule is CNC1=[N+](CCSC(N)=[NH2+])CCS1.[Br-].[Br-]. The van der Waals surface area contributed by atoms with E-state index in [1.54, 1.807) is 0 Å². The zero-order valence-electron chi connectivity index (χ0n) is 8.50. The molecule has 0 spiro atoms. The fraction of sp³-hybridized carbons (Fsp3) is 0.714. The van der Waals surface area contributed by atoms with E-state index in [0.717, 1.165) is 18.8 Å². The molecule has 4 nitrogen and oxygen atoms in total. The molecule has 1 aliphatic heterocycles. The minimum Gasteiger partial charge on any atom is -1.00 e. The van der Waals surface area contributed by atoms with Gasteiger partial charge in [-0.1, -0.05) is 0 Å². The average Bonchev–Trinajstić information content (AvgIpc) is 2.51. The highest BCUT2D eigenvalue weighted by Crippen LogP contribution is 2.09. The highest BCUT2D eigenvalue weighted by molar-refractivity contribution is 8.14. The predicted octanol–water partition coefficient (Wildman–Crippen LogP) is -7.86. The summed E-state index contributed by atoms with van der Waals surface area (Å²) < 4.78 is 2.32. The summed E-state index contributed by atoms with van der Waals surface area (Å²) in [5, 5.41) is 10.3. The van der Waals surface area contributed by atoms with Gasteiger partial charge in [0.15, 0.2) is 0 Å². The number of hydrogen-bond donors (Lipinski definition) is 3. The Hall–Kier alpha value is 0.600. The van der Waals surface area contributed by atoms with Crippen molar-refractivity contribution >= 4 is 33.9 Å². The van der Waals surface area contributed by atoms with Gasteiger partial charge in [0, 0.05) is 11.5 Å². The van der Waals surface area contributed by atoms with Crippen LogP contribution in [-0.2, 0) is 0 Å². The van der Waals surface area contributed by atoms with Gasteiger partial charge >= 0.3 is 5.17 Å². The van der Waals surface area contributed by atoms with Crippen LogP contribution in [0.15, 0.2) is 0 Å². The number of nitrogens with two attached hydrogens (primary N) is 2. The van der Waals surface area contributed by atoms with Crippen molar-refractivity contribution < 1.29 is 43.9 Å². The fourth-order valence-electron chi connectivity index (χ4n) is 1.16. The molecular formula is C7H16Br2N4S2. The molecule has 15 heavy (non-hydrogen) atoms. The van der Waals surface area contributed by atoms with Crippen LogP contribution >= 0.6 is 23.5 Å². The summed E-state index contributed by atoms with van der Waals surface area (Å²) in [5.41, 5.74) is 5.36. The zero-order valence-corrected chi connectivity index (χ0v) is 13.3. The monoisotopic (exact) mass is 378 g/mol. The van der Waals surface area contributed by atoms with E-state index in [1.165, 1.54) is 22.7 Å². The first kappa shape index (κ1) is 18.0. The molecule has 5 N–H and O–H groups in total. The predicted molar refractivity (Wildman–Crippen MR) is 60.1 cm³/mol. The topological polar surface area (TPSA) is 66.7 Å². The van der Waals surface area contributed by atoms with Gasteiger partial charge in [-0.05, 0) is 23.5 Å². The normalized spacial score (nSPS) is 14.2. The van der Waals surface area contributed by atoms with Crippen LogP contribution in [0.2, 0.25) is 0 Å². The van der Waals surface area contributed by atoms with Crippen LogP contribution in [0.3, 0.4) is 0 Å². The molecule has 0 fully saturated rings. The van der Waals surface area contributed by atoms with E-state index >= 15 is 0 Å². The van der Waals surface area contributed by atoms with Crippen molar-refractivity contribution in [2.75, 3.05) is 31.6 Å². The van der Waals surface area contributed by atoms with Crippen LogP contribution in [0.4, 0.5) is 0 Å². The smallest absolute Gasteiger partial charge is 0.306 e. The first-order chi connectivity index (χ1) is 6.24. The second-order valence-electron chi connectivity index (χ2n) is 2.64. The van der Waals surface area contributed by atoms with Gasteiger partial charge < -0.3 is 34.0 Å². The Morgan fingerprint density at radius 3 is 2.87 bits per heavy atom. The Balaban J connectivity index is 0. The quantitative estimate of drug-likeness (QED) is 0.259. The van der Waals surface area contributed by atoms with Gasteiger partial charge in [0.2, 0.25) is 0 Å². The van der Waals surface area contributed by atoms with Crippen LogP contribution in [0, 0.1) is 0 Å². The molecule has 0 saturated carbocycles. The lowest BCUT2D eigenvalue weighted by atomic mass is 10.6. The third kappa shape index (κ3) is 6.70. The Morgan fingerprint density at radius 1 is 1.67 bits per heavy atom. The Kier molecular flexibility index (Phi) is 11.7. The second-order valence-corrected chi connectivity index (χ2v) is 4.89. The van der Waals surface area contributed by atoms with Crippen LogP contribution in [0.5, 0.6) is 0 Å². The molecule has 0 unspecified atom stereocenters. The number of halogens is 2. The number of thioether (sulfide) groups is 2. The summed E-state index contributed by atoms with van der Waals surface area (Å²) in [7, 11) is 1.96. The van der Waals surface area contributed by atoms with E-state index in [2.05, 4.69) is 9.89 Å². The minimum absolute atomic E-state index is 0. The van der Waals surface area contributed by atoms with E-state index in [-0.39, 0.29) is 34.0 Å². The molecule has 0 amide bonds. The molecule has 0 aliphatic carbocycles. The third-order valence-electron chi connectivity index (χ3n) is 1.73. The highest BCUT2D eigenvalue weighted by Gasteiger charge is 2.19. The molecular weight excluding hydrogens is 364 g/mol. The van der Waals surface area contributed by atoms with Gasteiger partial charge in [0.25, 0.3) is 5.17 Å². The summed E-state index contributed by atoms with van der Waals surface area (Å²) in [6.45, 7) is 2.12. The van der Waals surface area contributed by atoms with E-state index < -0.39 is 0 Å². The van der Waals surface area contributed by atoms with E-state index in [9.17, 15) is 0 Å². The van der Waals surface area contributed by atoms with Crippen molar-refractivity contribution in [1.29, 1.82) is 0 Å². The maximum atomic E-state index is 5.36. The Bertz CT molecular complexity index is 235. The van der Waals surface area contributed by atoms with Gasteiger partial charge in [0.1, 0.15) is 0 Å². The largest absolute Gasteiger partial charge is 1.00 e. The lowest BCUT2D eigenvalue weighted by molar-refractivity contribution is -0.514. The second kappa shape index (κ2) is 9.80. The van der Waals surface area contributed by atoms with Gasteiger partial charge in [-0.2, -0.15) is 0 Å². The highest BCUT2D eigenvalue weighted by atomic mass is 79.9. The maximum Gasteiger partial charge on any atom is 0.306 e. The summed E-state index contributed by atoms with van der Waals surface area (Å²) in [5.74, 6) is 2.12. The van der Waals surface area contributed by atoms with Crippen LogP contribution in [-0.4, -0.2) is 46.6 Å². The number of hydrogen-bond acceptors (Lipinski definition) is 3. The van der Waals surface area contributed by atoms with E-state index in [0.29, 0.717) is 5.17 Å². The average molecular weight is 380 g/mol. The molecule has 8 heteroatoms. The first-order valence-electron chi connectivity index (χ1n) is 4.17. The van der Waals surface area contributed by atoms with E-state index in [1.807, 2.05) is 18.8 Å². The minimum atomic E-state index is 0. The van der Waals surface area contributed by atoms with Crippen LogP contribution in [0.1, 0.15) is 0 Å². The number of nitrogens with zero attached hydrogens (tertiary/aromatic N) is 1. The molecule has 1 heterocycles. The number of rotatable bonds is 3. The molecule has 0 aromatic rings. The Labute approximate surface area is 120 Å². The Morgan fingerprint density at radius 2 is 2.33 bits per heavy atom. The maximum absolute atomic E-state index is 5.36. The fourth-order valence-corrected chi connectivity index (χ4v) is 2.72. The molecule has 0 aromatic heterocycles. The van der Waals surface area contributed by atoms with Crippen LogP contribution < -0.4 is 50.4 Å². The van der Waals surface area contributed by atoms with Gasteiger partial charge in [-0.15, -0.1) is 0 Å². The van der Waals surface area contributed by atoms with Gasteiger partial charge in [-0.3, -0.25) is 21.0 Å².